The van der Waals surface area contributed by atoms with Gasteiger partial charge in [0.05, 0.1) is 0 Å². The number of fused-ring (bicyclic) bond motifs is 2. The second kappa shape index (κ2) is 6.46. The first-order valence-electron chi connectivity index (χ1n) is 7.81. The number of amides is 1. The Morgan fingerprint density at radius 3 is 2.82 bits per heavy atom. The standard InChI is InChI=1S/C17H20FNO3/c18-14-2-1-3-15(9-14)19-16(20)10-22-17(21)8-13-7-11-4-5-12(13)6-11/h1-3,9,11-13H,4-8,10H2,(H,19,20)/t11-,12-,13+/m1/s1. The Balaban J connectivity index is 1.40. The monoisotopic (exact) mass is 305 g/mol. The highest BCUT2D eigenvalue weighted by molar-refractivity contribution is 5.92. The predicted octanol–water partition coefficient (Wildman–Crippen LogP) is 3.13. The summed E-state index contributed by atoms with van der Waals surface area (Å²) in [6, 6.07) is 5.60. The topological polar surface area (TPSA) is 55.4 Å². The van der Waals surface area contributed by atoms with Gasteiger partial charge in [0.2, 0.25) is 0 Å². The van der Waals surface area contributed by atoms with Crippen LogP contribution in [-0.2, 0) is 14.3 Å². The summed E-state index contributed by atoms with van der Waals surface area (Å²) < 4.78 is 18.0. The summed E-state index contributed by atoms with van der Waals surface area (Å²) in [6.07, 6.45) is 5.30. The Bertz CT molecular complexity index is 575. The quantitative estimate of drug-likeness (QED) is 0.850. The van der Waals surface area contributed by atoms with Crippen molar-refractivity contribution in [2.45, 2.75) is 32.1 Å². The molecular formula is C17H20FNO3. The first kappa shape index (κ1) is 15.0. The van der Waals surface area contributed by atoms with E-state index in [9.17, 15) is 14.0 Å². The lowest BCUT2D eigenvalue weighted by Crippen LogP contribution is -2.23. The fraction of sp³-hybridized carbons (Fsp3) is 0.529. The van der Waals surface area contributed by atoms with E-state index in [1.54, 1.807) is 6.07 Å². The molecular weight excluding hydrogens is 285 g/mol. The van der Waals surface area contributed by atoms with Crippen molar-refractivity contribution in [2.24, 2.45) is 17.8 Å². The molecule has 2 fully saturated rings. The molecule has 1 aromatic rings. The average Bonchev–Trinajstić information content (AvgIpc) is 3.08. The van der Waals surface area contributed by atoms with Gasteiger partial charge in [-0.2, -0.15) is 0 Å². The summed E-state index contributed by atoms with van der Waals surface area (Å²) >= 11 is 0. The Kier molecular flexibility index (Phi) is 4.41. The zero-order valence-corrected chi connectivity index (χ0v) is 12.4. The minimum absolute atomic E-state index is 0.313. The van der Waals surface area contributed by atoms with Crippen molar-refractivity contribution >= 4 is 17.6 Å². The Labute approximate surface area is 129 Å². The summed E-state index contributed by atoms with van der Waals surface area (Å²) in [5, 5.41) is 2.50. The molecule has 2 aliphatic rings. The fourth-order valence-corrected chi connectivity index (χ4v) is 3.81. The van der Waals surface area contributed by atoms with Crippen LogP contribution in [0.1, 0.15) is 32.1 Å². The van der Waals surface area contributed by atoms with Crippen molar-refractivity contribution < 1.29 is 18.7 Å². The second-order valence-electron chi connectivity index (χ2n) is 6.36. The van der Waals surface area contributed by atoms with Gasteiger partial charge in [0.1, 0.15) is 5.82 Å². The van der Waals surface area contributed by atoms with Crippen LogP contribution in [0.15, 0.2) is 24.3 Å². The van der Waals surface area contributed by atoms with Crippen LogP contribution in [0, 0.1) is 23.6 Å². The number of hydrogen-bond acceptors (Lipinski definition) is 3. The van der Waals surface area contributed by atoms with Crippen molar-refractivity contribution in [3.8, 4) is 0 Å². The van der Waals surface area contributed by atoms with E-state index in [-0.39, 0.29) is 12.6 Å². The van der Waals surface area contributed by atoms with Crippen molar-refractivity contribution in [1.29, 1.82) is 0 Å². The van der Waals surface area contributed by atoms with Gasteiger partial charge in [-0.15, -0.1) is 0 Å². The molecule has 22 heavy (non-hydrogen) atoms. The molecule has 1 amide bonds. The number of anilines is 1. The van der Waals surface area contributed by atoms with Gasteiger partial charge in [-0.25, -0.2) is 4.39 Å². The second-order valence-corrected chi connectivity index (χ2v) is 6.36. The normalized spacial score (nSPS) is 26.0. The third-order valence-corrected chi connectivity index (χ3v) is 4.79. The summed E-state index contributed by atoms with van der Waals surface area (Å²) in [6.45, 7) is -0.323. The summed E-state index contributed by atoms with van der Waals surface area (Å²) in [7, 11) is 0. The molecule has 2 bridgehead atoms. The van der Waals surface area contributed by atoms with E-state index >= 15 is 0 Å². The van der Waals surface area contributed by atoms with Gasteiger partial charge in [0, 0.05) is 12.1 Å². The highest BCUT2D eigenvalue weighted by Gasteiger charge is 2.40. The molecule has 0 aliphatic heterocycles. The highest BCUT2D eigenvalue weighted by atomic mass is 19.1. The van der Waals surface area contributed by atoms with Crippen molar-refractivity contribution in [1.82, 2.24) is 0 Å². The molecule has 3 atom stereocenters. The maximum Gasteiger partial charge on any atom is 0.306 e. The molecule has 5 heteroatoms. The van der Waals surface area contributed by atoms with Gasteiger partial charge in [0.25, 0.3) is 5.91 Å². The molecule has 1 aromatic carbocycles. The van der Waals surface area contributed by atoms with E-state index in [1.165, 1.54) is 37.5 Å². The third-order valence-electron chi connectivity index (χ3n) is 4.79. The van der Waals surface area contributed by atoms with Crippen LogP contribution in [-0.4, -0.2) is 18.5 Å². The molecule has 1 N–H and O–H groups in total. The van der Waals surface area contributed by atoms with E-state index in [1.807, 2.05) is 0 Å². The Morgan fingerprint density at radius 1 is 1.27 bits per heavy atom. The van der Waals surface area contributed by atoms with Gasteiger partial charge < -0.3 is 10.1 Å². The molecule has 0 radical (unpaired) electrons. The van der Waals surface area contributed by atoms with Gasteiger partial charge in [-0.3, -0.25) is 9.59 Å². The molecule has 0 aromatic heterocycles. The van der Waals surface area contributed by atoms with Gasteiger partial charge in [-0.1, -0.05) is 12.5 Å². The largest absolute Gasteiger partial charge is 0.456 e. The minimum Gasteiger partial charge on any atom is -0.456 e. The molecule has 0 heterocycles. The number of hydrogen-bond donors (Lipinski definition) is 1. The lowest BCUT2D eigenvalue weighted by Gasteiger charge is -2.20. The summed E-state index contributed by atoms with van der Waals surface area (Å²) in [4.78, 5) is 23.5. The van der Waals surface area contributed by atoms with Crippen LogP contribution in [0.3, 0.4) is 0 Å². The minimum atomic E-state index is -0.452. The van der Waals surface area contributed by atoms with Crippen LogP contribution in [0.5, 0.6) is 0 Å². The number of carbonyl (C=O) groups is 2. The molecule has 0 unspecified atom stereocenters. The van der Waals surface area contributed by atoms with Gasteiger partial charge in [-0.05, 0) is 55.2 Å². The number of nitrogens with one attached hydrogen (secondary N) is 1. The number of rotatable bonds is 5. The average molecular weight is 305 g/mol. The van der Waals surface area contributed by atoms with Gasteiger partial charge >= 0.3 is 5.97 Å². The van der Waals surface area contributed by atoms with Gasteiger partial charge in [0.15, 0.2) is 6.61 Å². The van der Waals surface area contributed by atoms with Crippen LogP contribution in [0.2, 0.25) is 0 Å². The van der Waals surface area contributed by atoms with Crippen LogP contribution in [0.4, 0.5) is 10.1 Å². The maximum atomic E-state index is 13.0. The lowest BCUT2D eigenvalue weighted by atomic mass is 9.86. The maximum absolute atomic E-state index is 13.0. The van der Waals surface area contributed by atoms with E-state index in [0.29, 0.717) is 23.9 Å². The highest BCUT2D eigenvalue weighted by Crippen LogP contribution is 2.49. The van der Waals surface area contributed by atoms with E-state index in [0.717, 1.165) is 12.3 Å². The number of carbonyl (C=O) groups excluding carboxylic acids is 2. The van der Waals surface area contributed by atoms with Crippen LogP contribution >= 0.6 is 0 Å². The SMILES string of the molecule is O=C(COC(=O)C[C@@H]1C[C@@H]2CC[C@@H]1C2)Nc1cccc(F)c1. The van der Waals surface area contributed by atoms with Crippen molar-refractivity contribution in [2.75, 3.05) is 11.9 Å². The number of halogens is 1. The van der Waals surface area contributed by atoms with E-state index in [4.69, 9.17) is 4.74 Å². The number of esters is 1. The van der Waals surface area contributed by atoms with E-state index < -0.39 is 11.7 Å². The first-order chi connectivity index (χ1) is 10.6. The summed E-state index contributed by atoms with van der Waals surface area (Å²) in [5.74, 6) is 0.695. The third kappa shape index (κ3) is 3.64. The molecule has 3 rings (SSSR count). The smallest absolute Gasteiger partial charge is 0.306 e. The molecule has 4 nitrogen and oxygen atoms in total. The fourth-order valence-electron chi connectivity index (χ4n) is 3.81. The van der Waals surface area contributed by atoms with Crippen LogP contribution < -0.4 is 5.32 Å². The zero-order chi connectivity index (χ0) is 15.5. The summed E-state index contributed by atoms with van der Waals surface area (Å²) in [5.41, 5.74) is 0.356. The Morgan fingerprint density at radius 2 is 2.14 bits per heavy atom. The predicted molar refractivity (Wildman–Crippen MR) is 79.5 cm³/mol. The van der Waals surface area contributed by atoms with E-state index in [2.05, 4.69) is 5.32 Å². The lowest BCUT2D eigenvalue weighted by molar-refractivity contribution is -0.148. The molecule has 118 valence electrons. The molecule has 2 saturated carbocycles. The van der Waals surface area contributed by atoms with Crippen LogP contribution in [0.25, 0.3) is 0 Å². The first-order valence-corrected chi connectivity index (χ1v) is 7.81. The molecule has 0 saturated heterocycles. The van der Waals surface area contributed by atoms with Crippen molar-refractivity contribution in [3.63, 3.8) is 0 Å². The molecule has 0 spiro atoms. The number of ether oxygens (including phenoxy) is 1. The zero-order valence-electron chi connectivity index (χ0n) is 12.4. The Hall–Kier alpha value is -1.91. The molecule has 2 aliphatic carbocycles. The number of benzene rings is 1. The van der Waals surface area contributed by atoms with Crippen molar-refractivity contribution in [3.05, 3.63) is 30.1 Å².